The van der Waals surface area contributed by atoms with Crippen molar-refractivity contribution in [2.45, 2.75) is 6.54 Å². The van der Waals surface area contributed by atoms with Gasteiger partial charge in [0.2, 0.25) is 5.91 Å². The number of nitrogens with zero attached hydrogens (tertiary/aromatic N) is 3. The summed E-state index contributed by atoms with van der Waals surface area (Å²) in [6.45, 7) is 4.92. The lowest BCUT2D eigenvalue weighted by Gasteiger charge is -2.33. The van der Waals surface area contributed by atoms with Gasteiger partial charge in [-0.1, -0.05) is 0 Å². The van der Waals surface area contributed by atoms with Crippen LogP contribution in [0.25, 0.3) is 0 Å². The maximum atomic E-state index is 12.1. The van der Waals surface area contributed by atoms with Gasteiger partial charge in [-0.2, -0.15) is 0 Å². The van der Waals surface area contributed by atoms with E-state index in [4.69, 9.17) is 11.5 Å². The third-order valence-electron chi connectivity index (χ3n) is 3.98. The minimum absolute atomic E-state index is 0.00320. The Morgan fingerprint density at radius 2 is 1.79 bits per heavy atom. The van der Waals surface area contributed by atoms with E-state index >= 15 is 0 Å². The van der Waals surface area contributed by atoms with Crippen LogP contribution in [0.4, 0.5) is 16.5 Å². The van der Waals surface area contributed by atoms with Gasteiger partial charge in [0.05, 0.1) is 6.54 Å². The van der Waals surface area contributed by atoms with Crippen LogP contribution in [0, 0.1) is 0 Å². The summed E-state index contributed by atoms with van der Waals surface area (Å²) in [5.74, 6) is 0.00320. The quantitative estimate of drug-likeness (QED) is 0.700. The molecular formula is C16H22N6OS. The van der Waals surface area contributed by atoms with Crippen LogP contribution < -0.4 is 16.8 Å². The molecule has 0 spiro atoms. The van der Waals surface area contributed by atoms with Gasteiger partial charge in [-0.25, -0.2) is 4.98 Å². The molecule has 1 saturated heterocycles. The molecule has 0 atom stereocenters. The van der Waals surface area contributed by atoms with Gasteiger partial charge in [0.25, 0.3) is 0 Å². The molecule has 24 heavy (non-hydrogen) atoms. The van der Waals surface area contributed by atoms with Crippen molar-refractivity contribution in [1.29, 1.82) is 0 Å². The Bertz CT molecular complexity index is 678. The summed E-state index contributed by atoms with van der Waals surface area (Å²) in [7, 11) is 0. The van der Waals surface area contributed by atoms with Crippen LogP contribution >= 0.6 is 11.3 Å². The molecule has 7 nitrogen and oxygen atoms in total. The van der Waals surface area contributed by atoms with Gasteiger partial charge >= 0.3 is 0 Å². The summed E-state index contributed by atoms with van der Waals surface area (Å²) >= 11 is 1.53. The molecule has 8 heteroatoms. The molecule has 1 aromatic carbocycles. The number of carbonyl (C=O) groups is 1. The number of nitrogens with one attached hydrogen (secondary N) is 1. The van der Waals surface area contributed by atoms with E-state index < -0.39 is 0 Å². The van der Waals surface area contributed by atoms with Gasteiger partial charge in [-0.05, 0) is 24.3 Å². The van der Waals surface area contributed by atoms with E-state index in [1.807, 2.05) is 18.3 Å². The highest BCUT2D eigenvalue weighted by Crippen LogP contribution is 2.17. The number of hydrogen-bond acceptors (Lipinski definition) is 7. The van der Waals surface area contributed by atoms with Crippen LogP contribution in [0.5, 0.6) is 0 Å². The first kappa shape index (κ1) is 16.7. The standard InChI is InChI=1S/C16H22N6OS/c17-12-1-3-13(4-2-12)20-15(23)11-22-7-5-21(6-8-22)10-14-9-19-16(18)24-14/h1-4,9H,5-8,10-11,17H2,(H2,18,19)(H,20,23). The second-order valence-corrected chi connectivity index (χ2v) is 7.03. The number of amides is 1. The molecule has 1 aromatic heterocycles. The fourth-order valence-electron chi connectivity index (χ4n) is 2.69. The molecule has 3 rings (SSSR count). The van der Waals surface area contributed by atoms with Crippen molar-refractivity contribution >= 4 is 33.8 Å². The number of hydrogen-bond donors (Lipinski definition) is 3. The summed E-state index contributed by atoms with van der Waals surface area (Å²) in [5, 5.41) is 3.51. The van der Waals surface area contributed by atoms with E-state index in [0.717, 1.165) is 38.4 Å². The largest absolute Gasteiger partial charge is 0.399 e. The highest BCUT2D eigenvalue weighted by Gasteiger charge is 2.19. The molecule has 5 N–H and O–H groups in total. The first-order chi connectivity index (χ1) is 11.6. The molecule has 0 aliphatic carbocycles. The molecule has 128 valence electrons. The van der Waals surface area contributed by atoms with E-state index in [0.29, 0.717) is 17.4 Å². The third-order valence-corrected chi connectivity index (χ3v) is 4.79. The van der Waals surface area contributed by atoms with Gasteiger partial charge in [-0.15, -0.1) is 11.3 Å². The van der Waals surface area contributed by atoms with E-state index in [1.54, 1.807) is 12.1 Å². The topological polar surface area (TPSA) is 101 Å². The third kappa shape index (κ3) is 4.67. The van der Waals surface area contributed by atoms with E-state index in [-0.39, 0.29) is 5.91 Å². The van der Waals surface area contributed by atoms with Gasteiger partial charge in [0.15, 0.2) is 5.13 Å². The zero-order valence-electron chi connectivity index (χ0n) is 13.4. The van der Waals surface area contributed by atoms with Crippen molar-refractivity contribution in [1.82, 2.24) is 14.8 Å². The maximum absolute atomic E-state index is 12.1. The van der Waals surface area contributed by atoms with Gasteiger partial charge in [-0.3, -0.25) is 14.6 Å². The van der Waals surface area contributed by atoms with Crippen molar-refractivity contribution in [2.24, 2.45) is 0 Å². The number of nitrogens with two attached hydrogens (primary N) is 2. The molecular weight excluding hydrogens is 324 g/mol. The normalized spacial score (nSPS) is 16.2. The van der Waals surface area contributed by atoms with Gasteiger partial charge in [0.1, 0.15) is 0 Å². The molecule has 2 heterocycles. The number of thiazole rings is 1. The first-order valence-electron chi connectivity index (χ1n) is 7.89. The smallest absolute Gasteiger partial charge is 0.238 e. The first-order valence-corrected chi connectivity index (χ1v) is 8.70. The molecule has 1 amide bonds. The zero-order chi connectivity index (χ0) is 16.9. The van der Waals surface area contributed by atoms with Crippen molar-refractivity contribution in [3.05, 3.63) is 35.3 Å². The summed E-state index contributed by atoms with van der Waals surface area (Å²) in [6, 6.07) is 7.18. The Morgan fingerprint density at radius 3 is 2.42 bits per heavy atom. The predicted octanol–water partition coefficient (Wildman–Crippen LogP) is 1.06. The number of carbonyl (C=O) groups excluding carboxylic acids is 1. The van der Waals surface area contributed by atoms with E-state index in [1.165, 1.54) is 16.2 Å². The van der Waals surface area contributed by atoms with Crippen molar-refractivity contribution < 1.29 is 4.79 Å². The Morgan fingerprint density at radius 1 is 1.12 bits per heavy atom. The SMILES string of the molecule is Nc1ccc(NC(=O)CN2CCN(Cc3cnc(N)s3)CC2)cc1. The lowest BCUT2D eigenvalue weighted by Crippen LogP contribution is -2.48. The highest BCUT2D eigenvalue weighted by atomic mass is 32.1. The molecule has 0 bridgehead atoms. The zero-order valence-corrected chi connectivity index (χ0v) is 14.3. The lowest BCUT2D eigenvalue weighted by atomic mass is 10.2. The van der Waals surface area contributed by atoms with Crippen LogP contribution in [-0.4, -0.2) is 53.4 Å². The Hall–Kier alpha value is -2.16. The average Bonchev–Trinajstić information content (AvgIpc) is 2.96. The number of anilines is 3. The number of benzene rings is 1. The number of nitrogen functional groups attached to an aromatic ring is 2. The van der Waals surface area contributed by atoms with Crippen LogP contribution in [0.2, 0.25) is 0 Å². The maximum Gasteiger partial charge on any atom is 0.238 e. The van der Waals surface area contributed by atoms with Crippen LogP contribution in [0.15, 0.2) is 30.5 Å². The Kier molecular flexibility index (Phi) is 5.29. The molecule has 0 unspecified atom stereocenters. The fraction of sp³-hybridized carbons (Fsp3) is 0.375. The van der Waals surface area contributed by atoms with Crippen molar-refractivity contribution in [3.63, 3.8) is 0 Å². The highest BCUT2D eigenvalue weighted by molar-refractivity contribution is 7.15. The van der Waals surface area contributed by atoms with E-state index in [9.17, 15) is 4.79 Å². The minimum Gasteiger partial charge on any atom is -0.399 e. The summed E-state index contributed by atoms with van der Waals surface area (Å²) in [6.07, 6.45) is 1.84. The molecule has 1 aliphatic rings. The molecule has 1 aliphatic heterocycles. The average molecular weight is 346 g/mol. The van der Waals surface area contributed by atoms with Crippen LogP contribution in [-0.2, 0) is 11.3 Å². The Balaban J connectivity index is 1.41. The van der Waals surface area contributed by atoms with Gasteiger partial charge in [0, 0.05) is 55.2 Å². The molecule has 0 radical (unpaired) electrons. The fourth-order valence-corrected chi connectivity index (χ4v) is 3.42. The van der Waals surface area contributed by atoms with Crippen LogP contribution in [0.3, 0.4) is 0 Å². The number of rotatable bonds is 5. The number of piperazine rings is 1. The lowest BCUT2D eigenvalue weighted by molar-refractivity contribution is -0.117. The predicted molar refractivity (Wildman–Crippen MR) is 97.7 cm³/mol. The summed E-state index contributed by atoms with van der Waals surface area (Å²) in [4.78, 5) is 21.9. The van der Waals surface area contributed by atoms with E-state index in [2.05, 4.69) is 20.1 Å². The second-order valence-electron chi connectivity index (χ2n) is 5.89. The molecule has 0 saturated carbocycles. The monoisotopic (exact) mass is 346 g/mol. The van der Waals surface area contributed by atoms with Crippen molar-refractivity contribution in [2.75, 3.05) is 49.5 Å². The molecule has 2 aromatic rings. The summed E-state index contributed by atoms with van der Waals surface area (Å²) in [5.41, 5.74) is 12.8. The second kappa shape index (κ2) is 7.61. The summed E-state index contributed by atoms with van der Waals surface area (Å²) < 4.78 is 0. The Labute approximate surface area is 145 Å². The van der Waals surface area contributed by atoms with Crippen molar-refractivity contribution in [3.8, 4) is 0 Å². The molecule has 1 fully saturated rings. The van der Waals surface area contributed by atoms with Gasteiger partial charge < -0.3 is 16.8 Å². The number of aromatic nitrogens is 1. The minimum atomic E-state index is 0.00320. The van der Waals surface area contributed by atoms with Crippen LogP contribution in [0.1, 0.15) is 4.88 Å².